The topological polar surface area (TPSA) is 68.5 Å². The molecule has 1 atom stereocenters. The lowest BCUT2D eigenvalue weighted by atomic mass is 9.89. The molecule has 1 aliphatic rings. The Morgan fingerprint density at radius 2 is 2.13 bits per heavy atom. The largest absolute Gasteiger partial charge is 0.478 e. The number of amides is 1. The minimum Gasteiger partial charge on any atom is -0.478 e. The van der Waals surface area contributed by atoms with Gasteiger partial charge >= 0.3 is 0 Å². The molecule has 0 radical (unpaired) electrons. The Morgan fingerprint density at radius 3 is 2.91 bits per heavy atom. The molecule has 0 fully saturated rings. The summed E-state index contributed by atoms with van der Waals surface area (Å²) in [4.78, 5) is 18.4. The lowest BCUT2D eigenvalue weighted by Gasteiger charge is -2.34. The molecule has 0 saturated carbocycles. The van der Waals surface area contributed by atoms with E-state index in [4.69, 9.17) is 10.5 Å². The third-order valence-corrected chi connectivity index (χ3v) is 4.11. The van der Waals surface area contributed by atoms with E-state index in [1.807, 2.05) is 49.4 Å². The number of nitrogens with two attached hydrogens (primary N) is 1. The third kappa shape index (κ3) is 3.28. The highest BCUT2D eigenvalue weighted by molar-refractivity contribution is 5.85. The molecule has 1 amide bonds. The van der Waals surface area contributed by atoms with Crippen molar-refractivity contribution >= 4 is 11.6 Å². The monoisotopic (exact) mass is 311 g/mol. The molecule has 23 heavy (non-hydrogen) atoms. The van der Waals surface area contributed by atoms with Crippen LogP contribution in [0, 0.1) is 0 Å². The highest BCUT2D eigenvalue weighted by atomic mass is 16.5. The number of aromatic nitrogens is 1. The smallest absolute Gasteiger partial charge is 0.225 e. The van der Waals surface area contributed by atoms with Crippen LogP contribution in [-0.2, 0) is 11.3 Å². The number of rotatable bonds is 5. The number of anilines is 1. The van der Waals surface area contributed by atoms with E-state index in [0.717, 1.165) is 29.9 Å². The van der Waals surface area contributed by atoms with Crippen LogP contribution in [0.4, 0.5) is 5.69 Å². The Balaban J connectivity index is 1.85. The highest BCUT2D eigenvalue weighted by Crippen LogP contribution is 2.35. The van der Waals surface area contributed by atoms with Crippen LogP contribution in [0.3, 0.4) is 0 Å². The highest BCUT2D eigenvalue weighted by Gasteiger charge is 2.28. The molecule has 0 aliphatic carbocycles. The number of fused-ring (bicyclic) bond motifs is 1. The van der Waals surface area contributed by atoms with Gasteiger partial charge < -0.3 is 15.4 Å². The maximum absolute atomic E-state index is 11.7. The zero-order valence-electron chi connectivity index (χ0n) is 13.2. The van der Waals surface area contributed by atoms with E-state index < -0.39 is 0 Å². The quantitative estimate of drug-likeness (QED) is 0.921. The summed E-state index contributed by atoms with van der Waals surface area (Å²) in [6.45, 7) is 4.01. The number of carbonyl (C=O) groups is 1. The Kier molecular flexibility index (Phi) is 4.46. The summed E-state index contributed by atoms with van der Waals surface area (Å²) in [5.41, 5.74) is 8.56. The fourth-order valence-corrected chi connectivity index (χ4v) is 3.06. The number of para-hydroxylation sites is 1. The molecule has 2 heterocycles. The summed E-state index contributed by atoms with van der Waals surface area (Å²) < 4.78 is 5.46. The van der Waals surface area contributed by atoms with Gasteiger partial charge in [-0.3, -0.25) is 4.79 Å². The SMILES string of the molecule is CCOc1cccc(CN2CC[C@@H](C(N)=O)c3ccccc32)n1. The molecular weight excluding hydrogens is 290 g/mol. The Bertz CT molecular complexity index is 702. The van der Waals surface area contributed by atoms with Gasteiger partial charge in [-0.05, 0) is 31.0 Å². The molecule has 3 rings (SSSR count). The number of ether oxygens (including phenoxy) is 1. The van der Waals surface area contributed by atoms with Gasteiger partial charge in [0.1, 0.15) is 0 Å². The van der Waals surface area contributed by atoms with Crippen LogP contribution < -0.4 is 15.4 Å². The van der Waals surface area contributed by atoms with Gasteiger partial charge in [0.05, 0.1) is 24.8 Å². The molecule has 1 aromatic heterocycles. The second-order valence-electron chi connectivity index (χ2n) is 5.62. The second-order valence-corrected chi connectivity index (χ2v) is 5.62. The predicted octanol–water partition coefficient (Wildman–Crippen LogP) is 2.46. The summed E-state index contributed by atoms with van der Waals surface area (Å²) in [5, 5.41) is 0. The van der Waals surface area contributed by atoms with Crippen LogP contribution in [0.1, 0.15) is 30.5 Å². The first-order valence-electron chi connectivity index (χ1n) is 7.91. The van der Waals surface area contributed by atoms with Gasteiger partial charge in [-0.2, -0.15) is 0 Å². The third-order valence-electron chi connectivity index (χ3n) is 4.11. The van der Waals surface area contributed by atoms with Crippen molar-refractivity contribution < 1.29 is 9.53 Å². The zero-order chi connectivity index (χ0) is 16.2. The van der Waals surface area contributed by atoms with Crippen molar-refractivity contribution in [2.75, 3.05) is 18.1 Å². The number of carbonyl (C=O) groups excluding carboxylic acids is 1. The molecule has 0 unspecified atom stereocenters. The van der Waals surface area contributed by atoms with Gasteiger partial charge in [-0.1, -0.05) is 24.3 Å². The Morgan fingerprint density at radius 1 is 1.30 bits per heavy atom. The van der Waals surface area contributed by atoms with Crippen LogP contribution in [0.5, 0.6) is 5.88 Å². The van der Waals surface area contributed by atoms with Crippen LogP contribution >= 0.6 is 0 Å². The molecule has 2 aromatic rings. The summed E-state index contributed by atoms with van der Waals surface area (Å²) >= 11 is 0. The standard InChI is InChI=1S/C18H21N3O2/c1-2-23-17-9-5-6-13(20-17)12-21-11-10-15(18(19)22)14-7-3-4-8-16(14)21/h3-9,15H,2,10-12H2,1H3,(H2,19,22)/t15-/m1/s1. The summed E-state index contributed by atoms with van der Waals surface area (Å²) in [7, 11) is 0. The molecule has 5 nitrogen and oxygen atoms in total. The molecule has 1 aromatic carbocycles. The molecule has 2 N–H and O–H groups in total. The lowest BCUT2D eigenvalue weighted by molar-refractivity contribution is -0.119. The van der Waals surface area contributed by atoms with Crippen molar-refractivity contribution in [2.24, 2.45) is 5.73 Å². The maximum atomic E-state index is 11.7. The van der Waals surface area contributed by atoms with Crippen LogP contribution in [-0.4, -0.2) is 24.0 Å². The molecule has 1 aliphatic heterocycles. The fraction of sp³-hybridized carbons (Fsp3) is 0.333. The van der Waals surface area contributed by atoms with Gasteiger partial charge in [0.2, 0.25) is 11.8 Å². The second kappa shape index (κ2) is 6.69. The van der Waals surface area contributed by atoms with E-state index in [-0.39, 0.29) is 11.8 Å². The molecule has 0 saturated heterocycles. The first kappa shape index (κ1) is 15.3. The van der Waals surface area contributed by atoms with Crippen molar-refractivity contribution in [1.82, 2.24) is 4.98 Å². The van der Waals surface area contributed by atoms with Crippen LogP contribution in [0.25, 0.3) is 0 Å². The van der Waals surface area contributed by atoms with E-state index in [1.54, 1.807) is 0 Å². The molecule has 120 valence electrons. The van der Waals surface area contributed by atoms with E-state index in [2.05, 4.69) is 9.88 Å². The van der Waals surface area contributed by atoms with Crippen molar-refractivity contribution in [3.63, 3.8) is 0 Å². The zero-order valence-corrected chi connectivity index (χ0v) is 13.2. The van der Waals surface area contributed by atoms with Crippen molar-refractivity contribution in [2.45, 2.75) is 25.8 Å². The number of benzene rings is 1. The average molecular weight is 311 g/mol. The maximum Gasteiger partial charge on any atom is 0.225 e. The normalized spacial score (nSPS) is 16.7. The lowest BCUT2D eigenvalue weighted by Crippen LogP contribution is -2.35. The van der Waals surface area contributed by atoms with E-state index in [9.17, 15) is 4.79 Å². The van der Waals surface area contributed by atoms with Crippen LogP contribution in [0.15, 0.2) is 42.5 Å². The predicted molar refractivity (Wildman–Crippen MR) is 89.5 cm³/mol. The molecule has 0 spiro atoms. The number of primary amides is 1. The number of hydrogen-bond donors (Lipinski definition) is 1. The minimum absolute atomic E-state index is 0.204. The van der Waals surface area contributed by atoms with E-state index in [1.165, 1.54) is 0 Å². The average Bonchev–Trinajstić information content (AvgIpc) is 2.55. The van der Waals surface area contributed by atoms with Crippen molar-refractivity contribution in [3.05, 3.63) is 53.7 Å². The summed E-state index contributed by atoms with van der Waals surface area (Å²) in [6.07, 6.45) is 0.734. The summed E-state index contributed by atoms with van der Waals surface area (Å²) in [6, 6.07) is 13.8. The Labute approximate surface area is 136 Å². The minimum atomic E-state index is -0.256. The first-order chi connectivity index (χ1) is 11.2. The van der Waals surface area contributed by atoms with Crippen molar-refractivity contribution in [3.8, 4) is 5.88 Å². The van der Waals surface area contributed by atoms with E-state index in [0.29, 0.717) is 19.0 Å². The van der Waals surface area contributed by atoms with Gasteiger partial charge in [0.25, 0.3) is 0 Å². The van der Waals surface area contributed by atoms with E-state index >= 15 is 0 Å². The Hall–Kier alpha value is -2.56. The van der Waals surface area contributed by atoms with Gasteiger partial charge in [0, 0.05) is 18.3 Å². The fourth-order valence-electron chi connectivity index (χ4n) is 3.06. The molecule has 5 heteroatoms. The number of nitrogens with zero attached hydrogens (tertiary/aromatic N) is 2. The van der Waals surface area contributed by atoms with Gasteiger partial charge in [0.15, 0.2) is 0 Å². The number of pyridine rings is 1. The summed E-state index contributed by atoms with van der Waals surface area (Å²) in [5.74, 6) is 0.184. The van der Waals surface area contributed by atoms with Crippen LogP contribution in [0.2, 0.25) is 0 Å². The first-order valence-corrected chi connectivity index (χ1v) is 7.91. The van der Waals surface area contributed by atoms with Gasteiger partial charge in [-0.25, -0.2) is 4.98 Å². The molecule has 0 bridgehead atoms. The van der Waals surface area contributed by atoms with Crippen molar-refractivity contribution in [1.29, 1.82) is 0 Å². The molecular formula is C18H21N3O2. The van der Waals surface area contributed by atoms with Gasteiger partial charge in [-0.15, -0.1) is 0 Å². The number of hydrogen-bond acceptors (Lipinski definition) is 4.